The lowest BCUT2D eigenvalue weighted by Gasteiger charge is -2.53. The number of hydrogen-bond donors (Lipinski definition) is 5. The molecule has 0 spiro atoms. The summed E-state index contributed by atoms with van der Waals surface area (Å²) in [7, 11) is 0. The van der Waals surface area contributed by atoms with Crippen LogP contribution in [0, 0.1) is 11.8 Å². The highest BCUT2D eigenvalue weighted by molar-refractivity contribution is 5.36. The quantitative estimate of drug-likeness (QED) is 0.197. The number of rotatable bonds is 13. The van der Waals surface area contributed by atoms with E-state index in [1.54, 1.807) is 12.1 Å². The zero-order valence-electron chi connectivity index (χ0n) is 23.2. The molecule has 0 radical (unpaired) electrons. The van der Waals surface area contributed by atoms with Gasteiger partial charge < -0.3 is 35.0 Å². The van der Waals surface area contributed by atoms with Crippen LogP contribution < -0.4 is 5.32 Å². The molecule has 5 N–H and O–H groups in total. The first-order chi connectivity index (χ1) is 18.9. The molecule has 2 bridgehead atoms. The maximum Gasteiger partial charge on any atom is 0.121 e. The van der Waals surface area contributed by atoms with Gasteiger partial charge in [-0.15, -0.1) is 0 Å². The number of hydrogen-bond acceptors (Lipinski definition) is 6. The Labute approximate surface area is 233 Å². The van der Waals surface area contributed by atoms with Gasteiger partial charge in [0.2, 0.25) is 0 Å². The van der Waals surface area contributed by atoms with E-state index in [1.807, 2.05) is 18.2 Å². The number of nitrogens with one attached hydrogen (secondary N) is 1. The summed E-state index contributed by atoms with van der Waals surface area (Å²) in [5.41, 5.74) is 1.21. The molecule has 3 aliphatic heterocycles. The Kier molecular flexibility index (Phi) is 9.27. The maximum absolute atomic E-state index is 11.9. The third-order valence-electron chi connectivity index (χ3n) is 9.85. The fourth-order valence-electron chi connectivity index (χ4n) is 7.36. The van der Waals surface area contributed by atoms with Gasteiger partial charge in [-0.3, -0.25) is 0 Å². The molecule has 3 atom stereocenters. The summed E-state index contributed by atoms with van der Waals surface area (Å²) in [5.74, 6) is 0.907. The van der Waals surface area contributed by atoms with Crippen LogP contribution in [0.15, 0.2) is 48.5 Å². The van der Waals surface area contributed by atoms with E-state index in [1.165, 1.54) is 44.8 Å². The van der Waals surface area contributed by atoms with Crippen molar-refractivity contribution in [3.63, 3.8) is 0 Å². The minimum Gasteiger partial charge on any atom is -0.508 e. The van der Waals surface area contributed by atoms with Crippen LogP contribution in [-0.2, 0) is 16.9 Å². The first kappa shape index (κ1) is 28.5. The van der Waals surface area contributed by atoms with Crippen LogP contribution in [0.4, 0.5) is 0 Å². The third kappa shape index (κ3) is 6.50. The second-order valence-electron chi connectivity index (χ2n) is 12.3. The zero-order chi connectivity index (χ0) is 27.3. The van der Waals surface area contributed by atoms with Gasteiger partial charge in [-0.25, -0.2) is 0 Å². The molecule has 4 fully saturated rings. The van der Waals surface area contributed by atoms with Gasteiger partial charge in [0, 0.05) is 43.8 Å². The van der Waals surface area contributed by atoms with Crippen molar-refractivity contribution in [2.75, 3.05) is 45.9 Å². The van der Waals surface area contributed by atoms with Gasteiger partial charge in [0.25, 0.3) is 0 Å². The van der Waals surface area contributed by atoms with Crippen LogP contribution >= 0.6 is 0 Å². The Hall–Kier alpha value is -2.00. The standard InChI is InChI=1S/C32H46N2O5/c35-22-26-19-25(11-12-29(26)36)30(37)20-33-15-6-16-34-17-13-24(14-18-34)31(21-34)39-23-32(38,28-9-4-5-10-28)27-7-2-1-3-8-27/h1-3,7-8,11-12,19,24,28,30-31,33,35,37-38H,4-6,9-10,13-18,20-23H2/p+1/t24?,30-,31-,32+,34?/m1/s1. The second-order valence-corrected chi connectivity index (χ2v) is 12.3. The van der Waals surface area contributed by atoms with Gasteiger partial charge in [0.1, 0.15) is 24.0 Å². The topological polar surface area (TPSA) is 102 Å². The average molecular weight is 540 g/mol. The summed E-state index contributed by atoms with van der Waals surface area (Å²) in [6.07, 6.45) is 7.45. The van der Waals surface area contributed by atoms with Gasteiger partial charge in [-0.1, -0.05) is 49.2 Å². The molecule has 2 aromatic rings. The largest absolute Gasteiger partial charge is 0.508 e. The Bertz CT molecular complexity index is 1050. The van der Waals surface area contributed by atoms with Crippen molar-refractivity contribution in [3.05, 3.63) is 65.2 Å². The predicted octanol–water partition coefficient (Wildman–Crippen LogP) is 3.60. The van der Waals surface area contributed by atoms with Crippen LogP contribution in [0.1, 0.15) is 67.7 Å². The summed E-state index contributed by atoms with van der Waals surface area (Å²) in [5, 5.41) is 45.0. The monoisotopic (exact) mass is 539 g/mol. The predicted molar refractivity (Wildman–Crippen MR) is 151 cm³/mol. The molecule has 2 aromatic carbocycles. The van der Waals surface area contributed by atoms with Crippen LogP contribution in [0.5, 0.6) is 5.75 Å². The first-order valence-electron chi connectivity index (χ1n) is 15.0. The number of piperidine rings is 3. The molecule has 39 heavy (non-hydrogen) atoms. The average Bonchev–Trinajstić information content (AvgIpc) is 3.53. The van der Waals surface area contributed by atoms with Gasteiger partial charge in [0.05, 0.1) is 39.0 Å². The van der Waals surface area contributed by atoms with Crippen molar-refractivity contribution in [2.45, 2.75) is 69.4 Å². The van der Waals surface area contributed by atoms with Crippen molar-refractivity contribution in [1.29, 1.82) is 0 Å². The van der Waals surface area contributed by atoms with Gasteiger partial charge in [-0.05, 0) is 42.0 Å². The highest BCUT2D eigenvalue weighted by atomic mass is 16.5. The zero-order valence-corrected chi connectivity index (χ0v) is 23.2. The highest BCUT2D eigenvalue weighted by Crippen LogP contribution is 2.42. The SMILES string of the molecule is OCc1cc([C@H](O)CNCCC[N+]23CCC(CC2)[C@H](OC[C@](O)(c2ccccc2)C2CCCC2)C3)ccc1O. The second kappa shape index (κ2) is 12.7. The lowest BCUT2D eigenvalue weighted by atomic mass is 9.80. The third-order valence-corrected chi connectivity index (χ3v) is 9.85. The normalized spacial score (nSPS) is 27.5. The molecule has 7 nitrogen and oxygen atoms in total. The van der Waals surface area contributed by atoms with Gasteiger partial charge in [0.15, 0.2) is 0 Å². The number of ether oxygens (including phenoxy) is 1. The summed E-state index contributed by atoms with van der Waals surface area (Å²) >= 11 is 0. The molecule has 214 valence electrons. The molecule has 0 aromatic heterocycles. The number of aliphatic hydroxyl groups excluding tert-OH is 2. The number of aliphatic hydroxyl groups is 3. The Morgan fingerprint density at radius 1 is 1.03 bits per heavy atom. The number of phenols is 1. The molecule has 7 heteroatoms. The Balaban J connectivity index is 1.11. The summed E-state index contributed by atoms with van der Waals surface area (Å²) in [6, 6.07) is 15.0. The van der Waals surface area contributed by atoms with Crippen LogP contribution in [0.25, 0.3) is 0 Å². The lowest BCUT2D eigenvalue weighted by molar-refractivity contribution is -0.946. The smallest absolute Gasteiger partial charge is 0.121 e. The maximum atomic E-state index is 11.9. The van der Waals surface area contributed by atoms with Crippen LogP contribution in [0.3, 0.4) is 0 Å². The van der Waals surface area contributed by atoms with Crippen LogP contribution in [-0.4, -0.2) is 76.9 Å². The number of quaternary nitrogens is 1. The van der Waals surface area contributed by atoms with Crippen LogP contribution in [0.2, 0.25) is 0 Å². The highest BCUT2D eigenvalue weighted by Gasteiger charge is 2.48. The fraction of sp³-hybridized carbons (Fsp3) is 0.625. The Morgan fingerprint density at radius 2 is 1.77 bits per heavy atom. The van der Waals surface area contributed by atoms with Crippen molar-refractivity contribution in [2.24, 2.45) is 11.8 Å². The molecule has 6 rings (SSSR count). The van der Waals surface area contributed by atoms with E-state index < -0.39 is 11.7 Å². The number of benzene rings is 2. The van der Waals surface area contributed by atoms with Crippen molar-refractivity contribution < 1.29 is 29.6 Å². The van der Waals surface area contributed by atoms with E-state index >= 15 is 0 Å². The molecule has 0 amide bonds. The van der Waals surface area contributed by atoms with Gasteiger partial charge >= 0.3 is 0 Å². The van der Waals surface area contributed by atoms with E-state index in [4.69, 9.17) is 4.74 Å². The number of aromatic hydroxyl groups is 1. The molecular formula is C32H47N2O5+. The number of nitrogens with zero attached hydrogens (tertiary/aromatic N) is 1. The van der Waals surface area contributed by atoms with Gasteiger partial charge in [-0.2, -0.15) is 0 Å². The number of fused-ring (bicyclic) bond motifs is 3. The van der Waals surface area contributed by atoms with E-state index in [0.717, 1.165) is 48.9 Å². The minimum atomic E-state index is -0.908. The van der Waals surface area contributed by atoms with Crippen molar-refractivity contribution in [3.8, 4) is 5.75 Å². The minimum absolute atomic E-state index is 0.0474. The summed E-state index contributed by atoms with van der Waals surface area (Å²) in [6.45, 7) is 5.92. The molecule has 3 heterocycles. The van der Waals surface area contributed by atoms with Crippen molar-refractivity contribution >= 4 is 0 Å². The first-order valence-corrected chi connectivity index (χ1v) is 15.0. The molecular weight excluding hydrogens is 492 g/mol. The van der Waals surface area contributed by atoms with E-state index in [0.29, 0.717) is 30.2 Å². The molecule has 1 saturated carbocycles. The summed E-state index contributed by atoms with van der Waals surface area (Å²) in [4.78, 5) is 0. The molecule has 4 aliphatic rings. The Morgan fingerprint density at radius 3 is 2.49 bits per heavy atom. The lowest BCUT2D eigenvalue weighted by Crippen LogP contribution is -2.65. The van der Waals surface area contributed by atoms with Crippen molar-refractivity contribution in [1.82, 2.24) is 5.32 Å². The van der Waals surface area contributed by atoms with E-state index in [-0.39, 0.29) is 24.4 Å². The van der Waals surface area contributed by atoms with E-state index in [9.17, 15) is 20.4 Å². The van der Waals surface area contributed by atoms with E-state index in [2.05, 4.69) is 17.4 Å². The molecule has 1 aliphatic carbocycles. The molecule has 3 saturated heterocycles. The molecule has 0 unspecified atom stereocenters. The summed E-state index contributed by atoms with van der Waals surface area (Å²) < 4.78 is 7.75. The fourth-order valence-corrected chi connectivity index (χ4v) is 7.36.